The summed E-state index contributed by atoms with van der Waals surface area (Å²) in [6.45, 7) is 6.71. The maximum atomic E-state index is 5.67. The Morgan fingerprint density at radius 2 is 1.94 bits per heavy atom. The molecule has 2 N–H and O–H groups in total. The quantitative estimate of drug-likeness (QED) is 0.931. The largest absolute Gasteiger partial charge is 0.368 e. The summed E-state index contributed by atoms with van der Waals surface area (Å²) in [4.78, 5) is 10.6. The van der Waals surface area contributed by atoms with Crippen molar-refractivity contribution in [1.29, 1.82) is 0 Å². The Labute approximate surface area is 117 Å². The van der Waals surface area contributed by atoms with Crippen molar-refractivity contribution in [2.45, 2.75) is 39.5 Å². The van der Waals surface area contributed by atoms with Gasteiger partial charge in [-0.25, -0.2) is 4.98 Å². The summed E-state index contributed by atoms with van der Waals surface area (Å²) in [5.41, 5.74) is 6.20. The van der Waals surface area contributed by atoms with Gasteiger partial charge in [-0.15, -0.1) is 0 Å². The summed E-state index contributed by atoms with van der Waals surface area (Å²) in [7, 11) is 0. The monoisotopic (exact) mass is 312 g/mol. The van der Waals surface area contributed by atoms with Crippen LogP contribution in [0.15, 0.2) is 10.7 Å². The lowest BCUT2D eigenvalue weighted by atomic mass is 9.74. The van der Waals surface area contributed by atoms with Crippen LogP contribution in [0.3, 0.4) is 0 Å². The van der Waals surface area contributed by atoms with Gasteiger partial charge in [0, 0.05) is 19.3 Å². The molecule has 0 bridgehead atoms. The molecule has 2 heterocycles. The van der Waals surface area contributed by atoms with Crippen LogP contribution in [0.2, 0.25) is 0 Å². The van der Waals surface area contributed by atoms with E-state index in [0.29, 0.717) is 11.4 Å². The molecule has 0 saturated carbocycles. The van der Waals surface area contributed by atoms with E-state index in [9.17, 15) is 0 Å². The molecule has 2 rings (SSSR count). The molecule has 0 aliphatic carbocycles. The Kier molecular flexibility index (Phi) is 4.10. The Hall–Kier alpha value is -0.840. The van der Waals surface area contributed by atoms with E-state index in [1.165, 1.54) is 25.7 Å². The fourth-order valence-corrected chi connectivity index (χ4v) is 3.18. The number of nitrogens with two attached hydrogens (primary N) is 1. The molecule has 1 aliphatic heterocycles. The Morgan fingerprint density at radius 3 is 2.50 bits per heavy atom. The molecule has 100 valence electrons. The zero-order valence-corrected chi connectivity index (χ0v) is 12.7. The van der Waals surface area contributed by atoms with Crippen molar-refractivity contribution in [3.8, 4) is 0 Å². The first-order chi connectivity index (χ1) is 8.60. The summed E-state index contributed by atoms with van der Waals surface area (Å²) in [6.07, 6.45) is 6.74. The minimum atomic E-state index is 0.344. The van der Waals surface area contributed by atoms with Crippen molar-refractivity contribution in [3.63, 3.8) is 0 Å². The van der Waals surface area contributed by atoms with Crippen LogP contribution in [0, 0.1) is 5.41 Å². The van der Waals surface area contributed by atoms with Crippen LogP contribution in [-0.4, -0.2) is 23.1 Å². The second-order valence-electron chi connectivity index (χ2n) is 5.09. The van der Waals surface area contributed by atoms with E-state index in [-0.39, 0.29) is 0 Å². The van der Waals surface area contributed by atoms with Gasteiger partial charge in [-0.2, -0.15) is 4.98 Å². The van der Waals surface area contributed by atoms with Crippen molar-refractivity contribution in [2.75, 3.05) is 23.7 Å². The molecule has 1 aromatic heterocycles. The van der Waals surface area contributed by atoms with Crippen LogP contribution >= 0.6 is 15.9 Å². The number of hydrogen-bond acceptors (Lipinski definition) is 4. The number of piperidine rings is 1. The number of rotatable bonds is 3. The topological polar surface area (TPSA) is 55.0 Å². The van der Waals surface area contributed by atoms with E-state index < -0.39 is 0 Å². The third kappa shape index (κ3) is 2.60. The lowest BCUT2D eigenvalue weighted by molar-refractivity contribution is 0.199. The predicted molar refractivity (Wildman–Crippen MR) is 78.6 cm³/mol. The second kappa shape index (κ2) is 5.43. The van der Waals surface area contributed by atoms with Crippen molar-refractivity contribution in [2.24, 2.45) is 5.41 Å². The third-order valence-corrected chi connectivity index (χ3v) is 4.93. The molecular formula is C13H21BrN4. The summed E-state index contributed by atoms with van der Waals surface area (Å²) >= 11 is 3.51. The molecule has 0 spiro atoms. The molecule has 0 aromatic carbocycles. The maximum Gasteiger partial charge on any atom is 0.222 e. The second-order valence-corrected chi connectivity index (χ2v) is 5.95. The van der Waals surface area contributed by atoms with E-state index >= 15 is 0 Å². The van der Waals surface area contributed by atoms with Gasteiger partial charge in [0.1, 0.15) is 5.82 Å². The number of anilines is 2. The first-order valence-electron chi connectivity index (χ1n) is 6.63. The molecule has 18 heavy (non-hydrogen) atoms. The molecule has 5 heteroatoms. The molecule has 0 unspecified atom stereocenters. The first-order valence-corrected chi connectivity index (χ1v) is 7.42. The summed E-state index contributed by atoms with van der Waals surface area (Å²) in [5.74, 6) is 1.28. The third-order valence-electron chi connectivity index (χ3n) is 4.37. The molecule has 0 amide bonds. The maximum absolute atomic E-state index is 5.67. The lowest BCUT2D eigenvalue weighted by Gasteiger charge is -2.41. The molecule has 1 aliphatic rings. The van der Waals surface area contributed by atoms with Gasteiger partial charge in [0.25, 0.3) is 0 Å². The van der Waals surface area contributed by atoms with E-state index in [4.69, 9.17) is 5.73 Å². The van der Waals surface area contributed by atoms with Crippen LogP contribution in [0.1, 0.15) is 39.5 Å². The SMILES string of the molecule is CCC1(CC)CCN(c2nc(N)ncc2Br)CC1. The van der Waals surface area contributed by atoms with Crippen molar-refractivity contribution in [3.05, 3.63) is 10.7 Å². The minimum Gasteiger partial charge on any atom is -0.368 e. The number of nitrogen functional groups attached to an aromatic ring is 1. The van der Waals surface area contributed by atoms with E-state index in [1.807, 2.05) is 0 Å². The summed E-state index contributed by atoms with van der Waals surface area (Å²) in [6, 6.07) is 0. The Balaban J connectivity index is 2.12. The zero-order valence-electron chi connectivity index (χ0n) is 11.1. The van der Waals surface area contributed by atoms with Gasteiger partial charge in [0.05, 0.1) is 4.47 Å². The fourth-order valence-electron chi connectivity index (χ4n) is 2.74. The molecule has 4 nitrogen and oxygen atoms in total. The highest BCUT2D eigenvalue weighted by Crippen LogP contribution is 2.39. The number of hydrogen-bond donors (Lipinski definition) is 1. The van der Waals surface area contributed by atoms with Crippen LogP contribution in [0.4, 0.5) is 11.8 Å². The molecule has 0 radical (unpaired) electrons. The van der Waals surface area contributed by atoms with Crippen molar-refractivity contribution in [1.82, 2.24) is 9.97 Å². The summed E-state index contributed by atoms with van der Waals surface area (Å²) < 4.78 is 0.928. The number of nitrogens with zero attached hydrogens (tertiary/aromatic N) is 3. The van der Waals surface area contributed by atoms with Gasteiger partial charge in [-0.05, 0) is 34.2 Å². The van der Waals surface area contributed by atoms with Gasteiger partial charge in [-0.3, -0.25) is 0 Å². The lowest BCUT2D eigenvalue weighted by Crippen LogP contribution is -2.40. The smallest absolute Gasteiger partial charge is 0.222 e. The van der Waals surface area contributed by atoms with Gasteiger partial charge in [0.2, 0.25) is 5.95 Å². The van der Waals surface area contributed by atoms with Crippen molar-refractivity contribution < 1.29 is 0 Å². The standard InChI is InChI=1S/C13H21BrN4/c1-3-13(4-2)5-7-18(8-6-13)11-10(14)9-16-12(15)17-11/h9H,3-8H2,1-2H3,(H2,15,16,17). The van der Waals surface area contributed by atoms with Crippen LogP contribution in [0.25, 0.3) is 0 Å². The van der Waals surface area contributed by atoms with Crippen LogP contribution in [0.5, 0.6) is 0 Å². The highest BCUT2D eigenvalue weighted by molar-refractivity contribution is 9.10. The van der Waals surface area contributed by atoms with E-state index in [0.717, 1.165) is 23.4 Å². The Bertz CT molecular complexity index is 407. The van der Waals surface area contributed by atoms with E-state index in [1.54, 1.807) is 6.20 Å². The van der Waals surface area contributed by atoms with Gasteiger partial charge in [0.15, 0.2) is 0 Å². The number of aromatic nitrogens is 2. The average molecular weight is 313 g/mol. The number of halogens is 1. The first kappa shape index (κ1) is 13.6. The van der Waals surface area contributed by atoms with Crippen molar-refractivity contribution >= 4 is 27.7 Å². The highest BCUT2D eigenvalue weighted by atomic mass is 79.9. The summed E-state index contributed by atoms with van der Waals surface area (Å²) in [5, 5.41) is 0. The van der Waals surface area contributed by atoms with Crippen LogP contribution in [-0.2, 0) is 0 Å². The average Bonchev–Trinajstić information content (AvgIpc) is 2.42. The molecule has 1 aromatic rings. The highest BCUT2D eigenvalue weighted by Gasteiger charge is 2.32. The van der Waals surface area contributed by atoms with Crippen LogP contribution < -0.4 is 10.6 Å². The normalized spacial score (nSPS) is 18.9. The Morgan fingerprint density at radius 1 is 1.33 bits per heavy atom. The van der Waals surface area contributed by atoms with Gasteiger partial charge in [-0.1, -0.05) is 26.7 Å². The zero-order chi connectivity index (χ0) is 13.2. The molecular weight excluding hydrogens is 292 g/mol. The van der Waals surface area contributed by atoms with Gasteiger partial charge >= 0.3 is 0 Å². The molecule has 0 atom stereocenters. The van der Waals surface area contributed by atoms with Gasteiger partial charge < -0.3 is 10.6 Å². The fraction of sp³-hybridized carbons (Fsp3) is 0.692. The molecule has 1 saturated heterocycles. The predicted octanol–water partition coefficient (Wildman–Crippen LogP) is 3.23. The molecule has 1 fully saturated rings. The minimum absolute atomic E-state index is 0.344. The van der Waals surface area contributed by atoms with E-state index in [2.05, 4.69) is 44.6 Å².